The highest BCUT2D eigenvalue weighted by molar-refractivity contribution is 7.17. The number of nitrogens with one attached hydrogen (secondary N) is 2. The molecule has 8 aromatic rings. The number of benzene rings is 4. The second-order valence-electron chi connectivity index (χ2n) is 10.2. The zero-order valence-electron chi connectivity index (χ0n) is 20.4. The zero-order chi connectivity index (χ0) is 24.8. The minimum absolute atomic E-state index is 0.126. The van der Waals surface area contributed by atoms with Gasteiger partial charge in [0, 0.05) is 42.6 Å². The Balaban J connectivity index is 1.46. The molecule has 1 aliphatic rings. The van der Waals surface area contributed by atoms with Gasteiger partial charge in [-0.1, -0.05) is 72.8 Å². The molecule has 0 radical (unpaired) electrons. The SMILES string of the molecule is c1ccc2c3c([nH]c2c1)C(c1csc2ccccc12)c1c([nH]c2ccccc12)C3c1csc2ccccc12. The summed E-state index contributed by atoms with van der Waals surface area (Å²) < 4.78 is 2.68. The van der Waals surface area contributed by atoms with Gasteiger partial charge in [0.2, 0.25) is 0 Å². The lowest BCUT2D eigenvalue weighted by molar-refractivity contribution is 0.811. The van der Waals surface area contributed by atoms with Crippen molar-refractivity contribution in [3.8, 4) is 0 Å². The van der Waals surface area contributed by atoms with Crippen LogP contribution >= 0.6 is 22.7 Å². The fourth-order valence-corrected chi connectivity index (χ4v) is 8.77. The van der Waals surface area contributed by atoms with Gasteiger partial charge < -0.3 is 9.97 Å². The highest BCUT2D eigenvalue weighted by atomic mass is 32.1. The molecule has 2 nitrogen and oxygen atoms in total. The van der Waals surface area contributed by atoms with Gasteiger partial charge in [0.15, 0.2) is 0 Å². The summed E-state index contributed by atoms with van der Waals surface area (Å²) in [6, 6.07) is 35.4. The Morgan fingerprint density at radius 1 is 0.447 bits per heavy atom. The van der Waals surface area contributed by atoms with Gasteiger partial charge in [0.25, 0.3) is 0 Å². The van der Waals surface area contributed by atoms with Crippen LogP contribution in [0.1, 0.15) is 45.5 Å². The number of rotatable bonds is 2. The topological polar surface area (TPSA) is 31.6 Å². The summed E-state index contributed by atoms with van der Waals surface area (Å²) in [5.41, 5.74) is 10.7. The molecule has 0 saturated carbocycles. The van der Waals surface area contributed by atoms with E-state index in [4.69, 9.17) is 0 Å². The molecule has 2 unspecified atom stereocenters. The molecule has 4 aromatic carbocycles. The van der Waals surface area contributed by atoms with Crippen molar-refractivity contribution >= 4 is 64.7 Å². The average Bonchev–Trinajstić information content (AvgIpc) is 3.74. The first kappa shape index (κ1) is 20.9. The van der Waals surface area contributed by atoms with Crippen molar-refractivity contribution in [1.82, 2.24) is 9.97 Å². The predicted octanol–water partition coefficient (Wildman–Crippen LogP) is 9.75. The standard InChI is InChI=1S/C34H22N2S2/c1-5-13-25-21(11-1)29-31(23-17-37-27-15-7-3-9-19(23)27)34-30(22-12-2-6-14-26(22)36-34)32(33(29)35-25)24-18-38-28-16-8-4-10-20(24)28/h1-18,31-32,35-36H. The monoisotopic (exact) mass is 522 g/mol. The average molecular weight is 523 g/mol. The Morgan fingerprint density at radius 2 is 0.842 bits per heavy atom. The minimum atomic E-state index is 0.126. The van der Waals surface area contributed by atoms with Crippen molar-refractivity contribution in [2.24, 2.45) is 0 Å². The lowest BCUT2D eigenvalue weighted by atomic mass is 9.72. The number of thiophene rings is 2. The molecule has 2 N–H and O–H groups in total. The maximum atomic E-state index is 3.95. The van der Waals surface area contributed by atoms with Crippen molar-refractivity contribution in [1.29, 1.82) is 0 Å². The lowest BCUT2D eigenvalue weighted by Crippen LogP contribution is -2.19. The summed E-state index contributed by atoms with van der Waals surface area (Å²) in [4.78, 5) is 7.90. The van der Waals surface area contributed by atoms with E-state index in [2.05, 4.69) is 118 Å². The molecule has 38 heavy (non-hydrogen) atoms. The smallest absolute Gasteiger partial charge is 0.0532 e. The quantitative estimate of drug-likeness (QED) is 0.226. The van der Waals surface area contributed by atoms with Crippen molar-refractivity contribution in [2.75, 3.05) is 0 Å². The molecule has 0 saturated heterocycles. The van der Waals surface area contributed by atoms with Crippen LogP contribution in [0.4, 0.5) is 0 Å². The molecule has 0 fully saturated rings. The number of para-hydroxylation sites is 2. The van der Waals surface area contributed by atoms with Crippen LogP contribution in [0.2, 0.25) is 0 Å². The van der Waals surface area contributed by atoms with Gasteiger partial charge in [-0.3, -0.25) is 0 Å². The first-order chi connectivity index (χ1) is 18.9. The minimum Gasteiger partial charge on any atom is -0.357 e. The van der Waals surface area contributed by atoms with E-state index in [0.717, 1.165) is 0 Å². The Hall–Kier alpha value is -4.12. The highest BCUT2D eigenvalue weighted by Crippen LogP contribution is 2.55. The molecule has 0 amide bonds. The molecular weight excluding hydrogens is 501 g/mol. The maximum absolute atomic E-state index is 3.95. The first-order valence-electron chi connectivity index (χ1n) is 13.0. The third-order valence-electron chi connectivity index (χ3n) is 8.35. The predicted molar refractivity (Wildman–Crippen MR) is 162 cm³/mol. The summed E-state index contributed by atoms with van der Waals surface area (Å²) >= 11 is 3.70. The lowest BCUT2D eigenvalue weighted by Gasteiger charge is -2.30. The number of aromatic amines is 2. The Kier molecular flexibility index (Phi) is 4.23. The summed E-state index contributed by atoms with van der Waals surface area (Å²) in [6.45, 7) is 0. The second-order valence-corrected chi connectivity index (χ2v) is 12.1. The summed E-state index contributed by atoms with van der Waals surface area (Å²) in [7, 11) is 0. The molecule has 0 spiro atoms. The van der Waals surface area contributed by atoms with Crippen LogP contribution in [0.5, 0.6) is 0 Å². The highest BCUT2D eigenvalue weighted by Gasteiger charge is 2.40. The second kappa shape index (κ2) is 7.70. The van der Waals surface area contributed by atoms with Crippen molar-refractivity contribution in [3.63, 3.8) is 0 Å². The maximum Gasteiger partial charge on any atom is 0.0532 e. The van der Waals surface area contributed by atoms with Crippen molar-refractivity contribution in [2.45, 2.75) is 11.8 Å². The number of hydrogen-bond acceptors (Lipinski definition) is 2. The molecule has 2 atom stereocenters. The fourth-order valence-electron chi connectivity index (χ4n) is 6.80. The van der Waals surface area contributed by atoms with E-state index in [-0.39, 0.29) is 11.8 Å². The van der Waals surface area contributed by atoms with Gasteiger partial charge >= 0.3 is 0 Å². The van der Waals surface area contributed by atoms with E-state index in [9.17, 15) is 0 Å². The van der Waals surface area contributed by atoms with E-state index < -0.39 is 0 Å². The molecule has 4 heteroatoms. The number of H-pyrrole nitrogens is 2. The molecule has 1 aliphatic carbocycles. The Morgan fingerprint density at radius 3 is 1.32 bits per heavy atom. The van der Waals surface area contributed by atoms with E-state index in [0.29, 0.717) is 0 Å². The van der Waals surface area contributed by atoms with Gasteiger partial charge in [-0.15, -0.1) is 22.7 Å². The Labute approximate surface area is 227 Å². The van der Waals surface area contributed by atoms with Crippen LogP contribution in [0.15, 0.2) is 108 Å². The first-order valence-corrected chi connectivity index (χ1v) is 14.8. The van der Waals surface area contributed by atoms with Crippen LogP contribution in [0, 0.1) is 0 Å². The largest absolute Gasteiger partial charge is 0.357 e. The number of hydrogen-bond donors (Lipinski definition) is 2. The van der Waals surface area contributed by atoms with Crippen LogP contribution in [0.25, 0.3) is 42.0 Å². The van der Waals surface area contributed by atoms with Crippen LogP contribution in [-0.2, 0) is 0 Å². The van der Waals surface area contributed by atoms with E-state index >= 15 is 0 Å². The summed E-state index contributed by atoms with van der Waals surface area (Å²) in [5, 5.41) is 10.1. The molecule has 180 valence electrons. The van der Waals surface area contributed by atoms with E-state index in [1.54, 1.807) is 0 Å². The van der Waals surface area contributed by atoms with Crippen LogP contribution < -0.4 is 0 Å². The Bertz CT molecular complexity index is 2010. The van der Waals surface area contributed by atoms with Gasteiger partial charge in [0.1, 0.15) is 0 Å². The number of aromatic nitrogens is 2. The normalized spacial score (nSPS) is 16.9. The van der Waals surface area contributed by atoms with Gasteiger partial charge in [-0.25, -0.2) is 0 Å². The third-order valence-corrected chi connectivity index (χ3v) is 10.3. The van der Waals surface area contributed by atoms with Crippen molar-refractivity contribution < 1.29 is 0 Å². The van der Waals surface area contributed by atoms with E-state index in [1.165, 1.54) is 75.6 Å². The van der Waals surface area contributed by atoms with Gasteiger partial charge in [0.05, 0.1) is 11.8 Å². The molecule has 0 bridgehead atoms. The fraction of sp³-hybridized carbons (Fsp3) is 0.0588. The number of fused-ring (bicyclic) bond motifs is 8. The third kappa shape index (κ3) is 2.71. The summed E-state index contributed by atoms with van der Waals surface area (Å²) in [6.07, 6.45) is 0. The zero-order valence-corrected chi connectivity index (χ0v) is 22.0. The van der Waals surface area contributed by atoms with Crippen molar-refractivity contribution in [3.05, 3.63) is 141 Å². The molecule has 4 heterocycles. The van der Waals surface area contributed by atoms with Crippen LogP contribution in [0.3, 0.4) is 0 Å². The van der Waals surface area contributed by atoms with E-state index in [1.807, 2.05) is 22.7 Å². The van der Waals surface area contributed by atoms with Crippen LogP contribution in [-0.4, -0.2) is 9.97 Å². The van der Waals surface area contributed by atoms with Gasteiger partial charge in [-0.2, -0.15) is 0 Å². The molecular formula is C34H22N2S2. The molecule has 9 rings (SSSR count). The molecule has 4 aromatic heterocycles. The van der Waals surface area contributed by atoms with Gasteiger partial charge in [-0.05, 0) is 68.1 Å². The molecule has 0 aliphatic heterocycles. The summed E-state index contributed by atoms with van der Waals surface area (Å²) in [5.74, 6) is 0.252.